The molecule has 0 fully saturated rings. The van der Waals surface area contributed by atoms with Gasteiger partial charge in [0.05, 0.1) is 20.8 Å². The summed E-state index contributed by atoms with van der Waals surface area (Å²) in [5.74, 6) is 1.92. The minimum Gasteiger partial charge on any atom is -0.496 e. The maximum Gasteiger partial charge on any atom is 0.127 e. The lowest BCUT2D eigenvalue weighted by molar-refractivity contribution is 0.0409. The van der Waals surface area contributed by atoms with E-state index in [4.69, 9.17) is 19.3 Å². The van der Waals surface area contributed by atoms with Crippen LogP contribution in [0.1, 0.15) is 13.8 Å². The zero-order chi connectivity index (χ0) is 12.2. The zero-order valence-electron chi connectivity index (χ0n) is 10.1. The minimum absolute atomic E-state index is 0.0630. The van der Waals surface area contributed by atoms with Crippen molar-refractivity contribution in [2.24, 2.45) is 0 Å². The average molecular weight is 226 g/mol. The molecule has 0 amide bonds. The van der Waals surface area contributed by atoms with Crippen LogP contribution in [0.15, 0.2) is 18.2 Å². The summed E-state index contributed by atoms with van der Waals surface area (Å²) < 4.78 is 15.9. The van der Waals surface area contributed by atoms with Crippen LogP contribution in [0.4, 0.5) is 0 Å². The normalized spacial score (nSPS) is 11.1. The van der Waals surface area contributed by atoms with E-state index in [9.17, 15) is 0 Å². The van der Waals surface area contributed by atoms with E-state index in [1.54, 1.807) is 46.3 Å². The lowest BCUT2D eigenvalue weighted by atomic mass is 10.1. The third kappa shape index (κ3) is 3.31. The number of hydrogen-bond acceptors (Lipinski definition) is 4. The van der Waals surface area contributed by atoms with Crippen molar-refractivity contribution in [1.82, 2.24) is 0 Å². The second-order valence-electron chi connectivity index (χ2n) is 4.07. The van der Waals surface area contributed by atoms with Crippen LogP contribution in [-0.4, -0.2) is 31.5 Å². The van der Waals surface area contributed by atoms with Gasteiger partial charge in [0, 0.05) is 18.2 Å². The fourth-order valence-electron chi connectivity index (χ4n) is 1.19. The molecule has 0 aliphatic carbocycles. The van der Waals surface area contributed by atoms with Crippen molar-refractivity contribution in [3.8, 4) is 17.2 Å². The molecule has 1 rings (SSSR count). The van der Waals surface area contributed by atoms with E-state index in [1.165, 1.54) is 0 Å². The van der Waals surface area contributed by atoms with Crippen LogP contribution in [0.2, 0.25) is 0 Å². The van der Waals surface area contributed by atoms with Gasteiger partial charge < -0.3 is 19.3 Å². The molecule has 0 aromatic heterocycles. The number of rotatable bonds is 5. The molecule has 1 aromatic rings. The summed E-state index contributed by atoms with van der Waals surface area (Å²) >= 11 is 0. The van der Waals surface area contributed by atoms with Crippen molar-refractivity contribution >= 4 is 0 Å². The van der Waals surface area contributed by atoms with Gasteiger partial charge in [-0.2, -0.15) is 0 Å². The van der Waals surface area contributed by atoms with Crippen LogP contribution in [0, 0.1) is 0 Å². The van der Waals surface area contributed by atoms with Crippen LogP contribution < -0.4 is 14.2 Å². The van der Waals surface area contributed by atoms with Gasteiger partial charge in [-0.3, -0.25) is 0 Å². The summed E-state index contributed by atoms with van der Waals surface area (Å²) in [5, 5.41) is 9.12. The molecule has 0 bridgehead atoms. The zero-order valence-corrected chi connectivity index (χ0v) is 10.1. The highest BCUT2D eigenvalue weighted by Crippen LogP contribution is 2.29. The Morgan fingerprint density at radius 3 is 1.81 bits per heavy atom. The van der Waals surface area contributed by atoms with Crippen LogP contribution in [0.3, 0.4) is 0 Å². The molecule has 0 saturated carbocycles. The first-order valence-corrected chi connectivity index (χ1v) is 5.03. The SMILES string of the molecule is COc1cc(OC)cc(OC(C)(C)CO)c1. The largest absolute Gasteiger partial charge is 0.496 e. The van der Waals surface area contributed by atoms with E-state index in [0.717, 1.165) is 0 Å². The Balaban J connectivity index is 2.95. The predicted octanol–water partition coefficient (Wildman–Crippen LogP) is 1.85. The van der Waals surface area contributed by atoms with Gasteiger partial charge >= 0.3 is 0 Å². The van der Waals surface area contributed by atoms with Crippen LogP contribution in [0.5, 0.6) is 17.2 Å². The van der Waals surface area contributed by atoms with Crippen LogP contribution in [0.25, 0.3) is 0 Å². The Bertz CT molecular complexity index is 325. The standard InChI is InChI=1S/C12H18O4/c1-12(2,8-13)16-11-6-9(14-3)5-10(7-11)15-4/h5-7,13H,8H2,1-4H3. The van der Waals surface area contributed by atoms with Crippen molar-refractivity contribution in [2.45, 2.75) is 19.4 Å². The van der Waals surface area contributed by atoms with Crippen LogP contribution >= 0.6 is 0 Å². The van der Waals surface area contributed by atoms with Gasteiger partial charge in [-0.1, -0.05) is 0 Å². The first-order chi connectivity index (χ1) is 7.50. The average Bonchev–Trinajstić information content (AvgIpc) is 2.28. The Hall–Kier alpha value is -1.42. The van der Waals surface area contributed by atoms with E-state index in [0.29, 0.717) is 17.2 Å². The molecule has 1 N–H and O–H groups in total. The van der Waals surface area contributed by atoms with Crippen molar-refractivity contribution in [3.63, 3.8) is 0 Å². The second kappa shape index (κ2) is 5.07. The number of ether oxygens (including phenoxy) is 3. The Kier molecular flexibility index (Phi) is 4.01. The van der Waals surface area contributed by atoms with E-state index in [2.05, 4.69) is 0 Å². The molecule has 1 aromatic carbocycles. The summed E-state index contributed by atoms with van der Waals surface area (Å²) in [5.41, 5.74) is -0.628. The third-order valence-corrected chi connectivity index (χ3v) is 2.10. The summed E-state index contributed by atoms with van der Waals surface area (Å²) in [7, 11) is 3.16. The number of methoxy groups -OCH3 is 2. The van der Waals surface area contributed by atoms with Crippen LogP contribution in [-0.2, 0) is 0 Å². The molecule has 0 heterocycles. The molecule has 0 aliphatic rings. The minimum atomic E-state index is -0.628. The number of aliphatic hydroxyl groups excluding tert-OH is 1. The fourth-order valence-corrected chi connectivity index (χ4v) is 1.19. The molecule has 4 heteroatoms. The number of benzene rings is 1. The first-order valence-electron chi connectivity index (χ1n) is 5.03. The molecule has 16 heavy (non-hydrogen) atoms. The lowest BCUT2D eigenvalue weighted by Crippen LogP contribution is -2.32. The van der Waals surface area contributed by atoms with Crippen molar-refractivity contribution in [2.75, 3.05) is 20.8 Å². The van der Waals surface area contributed by atoms with Crippen molar-refractivity contribution in [3.05, 3.63) is 18.2 Å². The highest BCUT2D eigenvalue weighted by Gasteiger charge is 2.19. The van der Waals surface area contributed by atoms with Crippen molar-refractivity contribution in [1.29, 1.82) is 0 Å². The molecule has 0 aliphatic heterocycles. The Morgan fingerprint density at radius 1 is 1.00 bits per heavy atom. The molecule has 0 radical (unpaired) electrons. The van der Waals surface area contributed by atoms with E-state index in [1.807, 2.05) is 0 Å². The van der Waals surface area contributed by atoms with Gasteiger partial charge in [-0.15, -0.1) is 0 Å². The maximum absolute atomic E-state index is 9.12. The van der Waals surface area contributed by atoms with Gasteiger partial charge in [0.2, 0.25) is 0 Å². The highest BCUT2D eigenvalue weighted by atomic mass is 16.5. The van der Waals surface area contributed by atoms with Gasteiger partial charge in [0.1, 0.15) is 22.8 Å². The van der Waals surface area contributed by atoms with E-state index >= 15 is 0 Å². The van der Waals surface area contributed by atoms with Gasteiger partial charge in [0.15, 0.2) is 0 Å². The third-order valence-electron chi connectivity index (χ3n) is 2.10. The van der Waals surface area contributed by atoms with Gasteiger partial charge in [0.25, 0.3) is 0 Å². The summed E-state index contributed by atoms with van der Waals surface area (Å²) in [6.45, 7) is 3.55. The summed E-state index contributed by atoms with van der Waals surface area (Å²) in [6, 6.07) is 5.26. The first kappa shape index (κ1) is 12.6. The maximum atomic E-state index is 9.12. The molecular formula is C12H18O4. The second-order valence-corrected chi connectivity index (χ2v) is 4.07. The lowest BCUT2D eigenvalue weighted by Gasteiger charge is -2.24. The summed E-state index contributed by atoms with van der Waals surface area (Å²) in [4.78, 5) is 0. The van der Waals surface area contributed by atoms with Gasteiger partial charge in [-0.25, -0.2) is 0 Å². The summed E-state index contributed by atoms with van der Waals surface area (Å²) in [6.07, 6.45) is 0. The van der Waals surface area contributed by atoms with Crippen molar-refractivity contribution < 1.29 is 19.3 Å². The fraction of sp³-hybridized carbons (Fsp3) is 0.500. The Morgan fingerprint density at radius 2 is 1.44 bits per heavy atom. The van der Waals surface area contributed by atoms with E-state index in [-0.39, 0.29) is 6.61 Å². The monoisotopic (exact) mass is 226 g/mol. The topological polar surface area (TPSA) is 47.9 Å². The molecule has 0 saturated heterocycles. The smallest absolute Gasteiger partial charge is 0.127 e. The van der Waals surface area contributed by atoms with Gasteiger partial charge in [-0.05, 0) is 13.8 Å². The number of aliphatic hydroxyl groups is 1. The predicted molar refractivity (Wildman–Crippen MR) is 61.3 cm³/mol. The quantitative estimate of drug-likeness (QED) is 0.832. The molecule has 90 valence electrons. The molecule has 0 spiro atoms. The Labute approximate surface area is 95.8 Å². The molecule has 0 atom stereocenters. The molecular weight excluding hydrogens is 208 g/mol. The number of hydrogen-bond donors (Lipinski definition) is 1. The van der Waals surface area contributed by atoms with E-state index < -0.39 is 5.60 Å². The molecule has 4 nitrogen and oxygen atoms in total. The highest BCUT2D eigenvalue weighted by molar-refractivity contribution is 5.42. The molecule has 0 unspecified atom stereocenters.